The Morgan fingerprint density at radius 1 is 1.00 bits per heavy atom. The Morgan fingerprint density at radius 2 is 1.74 bits per heavy atom. The van der Waals surface area contributed by atoms with Gasteiger partial charge in [0, 0.05) is 37.3 Å². The number of amides is 1. The van der Waals surface area contributed by atoms with Crippen LogP contribution in [0.15, 0.2) is 52.2 Å². The van der Waals surface area contributed by atoms with Crippen LogP contribution in [0.1, 0.15) is 48.7 Å². The maximum Gasteiger partial charge on any atom is 0.279 e. The monoisotopic (exact) mass is 480 g/mol. The van der Waals surface area contributed by atoms with Crippen LogP contribution in [0.25, 0.3) is 10.8 Å². The number of fused-ring (bicyclic) bond motifs is 2. The first-order valence-corrected chi connectivity index (χ1v) is 13.3. The molecule has 0 atom stereocenters. The maximum absolute atomic E-state index is 13.6. The first-order chi connectivity index (χ1) is 16.4. The minimum Gasteiger partial charge on any atom is -0.306 e. The van der Waals surface area contributed by atoms with Gasteiger partial charge in [0.25, 0.3) is 11.5 Å². The predicted octanol–water partition coefficient (Wildman–Crippen LogP) is 3.18. The third kappa shape index (κ3) is 3.82. The average molecular weight is 481 g/mol. The molecule has 0 bridgehead atoms. The Hall–Kier alpha value is -3.04. The van der Waals surface area contributed by atoms with E-state index in [0.29, 0.717) is 49.1 Å². The van der Waals surface area contributed by atoms with E-state index < -0.39 is 10.0 Å². The quantitative estimate of drug-likeness (QED) is 0.559. The standard InChI is InChI=1S/C25H28N4O4S/c1-2-13-29-24(30)21-9-5-4-8-20(21)23(26-29)25(31)28-16-12-18-17-19(10-11-22(18)28)34(32,33)27-14-6-3-7-15-27/h4-5,8-11,17H,2-3,6-7,12-16H2,1H3. The minimum atomic E-state index is -3.54. The lowest BCUT2D eigenvalue weighted by atomic mass is 10.1. The van der Waals surface area contributed by atoms with E-state index in [9.17, 15) is 18.0 Å². The van der Waals surface area contributed by atoms with Crippen LogP contribution >= 0.6 is 0 Å². The van der Waals surface area contributed by atoms with Gasteiger partial charge >= 0.3 is 0 Å². The fourth-order valence-corrected chi connectivity index (χ4v) is 6.46. The van der Waals surface area contributed by atoms with Crippen LogP contribution in [0.5, 0.6) is 0 Å². The highest BCUT2D eigenvalue weighted by Crippen LogP contribution is 2.33. The molecule has 1 saturated heterocycles. The number of rotatable bonds is 5. The second-order valence-electron chi connectivity index (χ2n) is 8.88. The third-order valence-corrected chi connectivity index (χ3v) is 8.54. The molecule has 178 valence electrons. The number of anilines is 1. The Bertz CT molecular complexity index is 1420. The van der Waals surface area contributed by atoms with E-state index in [-0.39, 0.29) is 22.1 Å². The molecule has 0 radical (unpaired) electrons. The zero-order valence-corrected chi connectivity index (χ0v) is 20.1. The van der Waals surface area contributed by atoms with Crippen molar-refractivity contribution < 1.29 is 13.2 Å². The molecule has 5 rings (SSSR count). The Balaban J connectivity index is 1.51. The molecule has 1 fully saturated rings. The molecule has 9 heteroatoms. The van der Waals surface area contributed by atoms with E-state index >= 15 is 0 Å². The topological polar surface area (TPSA) is 92.6 Å². The fraction of sp³-hybridized carbons (Fsp3) is 0.400. The number of aryl methyl sites for hydroxylation is 1. The first-order valence-electron chi connectivity index (χ1n) is 11.9. The van der Waals surface area contributed by atoms with Crippen molar-refractivity contribution in [1.29, 1.82) is 0 Å². The summed E-state index contributed by atoms with van der Waals surface area (Å²) in [5.74, 6) is -0.286. The van der Waals surface area contributed by atoms with Crippen molar-refractivity contribution in [2.75, 3.05) is 24.5 Å². The normalized spacial score (nSPS) is 16.7. The second kappa shape index (κ2) is 8.96. The van der Waals surface area contributed by atoms with Crippen LogP contribution in [0.4, 0.5) is 5.69 Å². The number of aromatic nitrogens is 2. The van der Waals surface area contributed by atoms with Gasteiger partial charge in [-0.15, -0.1) is 0 Å². The number of sulfonamides is 1. The number of nitrogens with zero attached hydrogens (tertiary/aromatic N) is 4. The molecule has 3 heterocycles. The molecule has 2 aromatic carbocycles. The second-order valence-corrected chi connectivity index (χ2v) is 10.8. The SMILES string of the molecule is CCCn1nc(C(=O)N2CCc3cc(S(=O)(=O)N4CCCCC4)ccc32)c2ccccc2c1=O. The van der Waals surface area contributed by atoms with Crippen LogP contribution < -0.4 is 10.5 Å². The number of carbonyl (C=O) groups is 1. The van der Waals surface area contributed by atoms with Gasteiger partial charge in [-0.2, -0.15) is 9.40 Å². The maximum atomic E-state index is 13.6. The van der Waals surface area contributed by atoms with E-state index in [4.69, 9.17) is 0 Å². The lowest BCUT2D eigenvalue weighted by molar-refractivity contribution is 0.0984. The van der Waals surface area contributed by atoms with Crippen molar-refractivity contribution in [3.63, 3.8) is 0 Å². The fourth-order valence-electron chi connectivity index (χ4n) is 4.89. The molecule has 1 amide bonds. The number of benzene rings is 2. The summed E-state index contributed by atoms with van der Waals surface area (Å²) in [7, 11) is -3.54. The summed E-state index contributed by atoms with van der Waals surface area (Å²) < 4.78 is 29.1. The summed E-state index contributed by atoms with van der Waals surface area (Å²) in [6.45, 7) is 3.92. The molecular formula is C25H28N4O4S. The van der Waals surface area contributed by atoms with Gasteiger partial charge in [0.05, 0.1) is 10.3 Å². The molecule has 0 aliphatic carbocycles. The molecule has 0 unspecified atom stereocenters. The predicted molar refractivity (Wildman–Crippen MR) is 131 cm³/mol. The molecule has 0 spiro atoms. The van der Waals surface area contributed by atoms with Crippen molar-refractivity contribution >= 4 is 32.4 Å². The van der Waals surface area contributed by atoms with Crippen LogP contribution in [0, 0.1) is 0 Å². The van der Waals surface area contributed by atoms with Crippen LogP contribution in [-0.2, 0) is 23.0 Å². The van der Waals surface area contributed by atoms with Gasteiger partial charge in [-0.1, -0.05) is 31.5 Å². The molecule has 0 N–H and O–H groups in total. The van der Waals surface area contributed by atoms with Crippen molar-refractivity contribution in [2.45, 2.75) is 50.5 Å². The van der Waals surface area contributed by atoms with Crippen molar-refractivity contribution in [3.05, 3.63) is 64.1 Å². The third-order valence-electron chi connectivity index (χ3n) is 6.65. The highest BCUT2D eigenvalue weighted by atomic mass is 32.2. The van der Waals surface area contributed by atoms with Gasteiger partial charge in [0.2, 0.25) is 10.0 Å². The van der Waals surface area contributed by atoms with Gasteiger partial charge in [-0.3, -0.25) is 9.59 Å². The van der Waals surface area contributed by atoms with Gasteiger partial charge in [-0.25, -0.2) is 13.1 Å². The smallest absolute Gasteiger partial charge is 0.279 e. The lowest BCUT2D eigenvalue weighted by Gasteiger charge is -2.26. The highest BCUT2D eigenvalue weighted by molar-refractivity contribution is 7.89. The lowest BCUT2D eigenvalue weighted by Crippen LogP contribution is -2.35. The van der Waals surface area contributed by atoms with Crippen molar-refractivity contribution in [1.82, 2.24) is 14.1 Å². The average Bonchev–Trinajstić information content (AvgIpc) is 3.29. The highest BCUT2D eigenvalue weighted by Gasteiger charge is 2.31. The number of piperidine rings is 1. The number of hydrogen-bond acceptors (Lipinski definition) is 5. The largest absolute Gasteiger partial charge is 0.306 e. The van der Waals surface area contributed by atoms with Gasteiger partial charge in [-0.05, 0) is 55.5 Å². The Kier molecular flexibility index (Phi) is 5.99. The zero-order chi connectivity index (χ0) is 23.9. The molecule has 3 aromatic rings. The van der Waals surface area contributed by atoms with Crippen molar-refractivity contribution in [2.24, 2.45) is 0 Å². The van der Waals surface area contributed by atoms with Gasteiger partial charge < -0.3 is 4.90 Å². The summed E-state index contributed by atoms with van der Waals surface area (Å²) in [5.41, 5.74) is 1.56. The number of carbonyl (C=O) groups excluding carboxylic acids is 1. The van der Waals surface area contributed by atoms with E-state index in [1.54, 1.807) is 51.7 Å². The molecule has 34 heavy (non-hydrogen) atoms. The summed E-state index contributed by atoms with van der Waals surface area (Å²) in [4.78, 5) is 28.4. The van der Waals surface area contributed by atoms with Crippen LogP contribution in [-0.4, -0.2) is 48.0 Å². The van der Waals surface area contributed by atoms with E-state index in [1.807, 2.05) is 6.92 Å². The minimum absolute atomic E-state index is 0.205. The van der Waals surface area contributed by atoms with E-state index in [2.05, 4.69) is 5.10 Å². The van der Waals surface area contributed by atoms with E-state index in [1.165, 1.54) is 4.68 Å². The molecule has 2 aliphatic rings. The summed E-state index contributed by atoms with van der Waals surface area (Å²) in [6.07, 6.45) is 4.11. The molecule has 1 aromatic heterocycles. The molecule has 0 saturated carbocycles. The Morgan fingerprint density at radius 3 is 2.47 bits per heavy atom. The summed E-state index contributed by atoms with van der Waals surface area (Å²) in [6, 6.07) is 12.1. The first kappa shape index (κ1) is 22.7. The van der Waals surface area contributed by atoms with E-state index in [0.717, 1.165) is 31.2 Å². The van der Waals surface area contributed by atoms with Gasteiger partial charge in [0.1, 0.15) is 0 Å². The van der Waals surface area contributed by atoms with Gasteiger partial charge in [0.15, 0.2) is 5.69 Å². The molecule has 2 aliphatic heterocycles. The summed E-state index contributed by atoms with van der Waals surface area (Å²) >= 11 is 0. The number of hydrogen-bond donors (Lipinski definition) is 0. The molecular weight excluding hydrogens is 452 g/mol. The summed E-state index contributed by atoms with van der Waals surface area (Å²) in [5, 5.41) is 5.44. The Labute approximate surface area is 198 Å². The van der Waals surface area contributed by atoms with Crippen LogP contribution in [0.3, 0.4) is 0 Å². The van der Waals surface area contributed by atoms with Crippen molar-refractivity contribution in [3.8, 4) is 0 Å². The zero-order valence-electron chi connectivity index (χ0n) is 19.2. The van der Waals surface area contributed by atoms with Crippen LogP contribution in [0.2, 0.25) is 0 Å². The molecule has 8 nitrogen and oxygen atoms in total.